The highest BCUT2D eigenvalue weighted by Gasteiger charge is 2.69. The Labute approximate surface area is 169 Å². The van der Waals surface area contributed by atoms with Crippen molar-refractivity contribution in [3.8, 4) is 0 Å². The monoisotopic (exact) mass is 384 g/mol. The lowest BCUT2D eigenvalue weighted by atomic mass is 9.43. The summed E-state index contributed by atoms with van der Waals surface area (Å²) in [5.41, 5.74) is 1.13. The van der Waals surface area contributed by atoms with Gasteiger partial charge in [-0.1, -0.05) is 41.0 Å². The second-order valence-electron chi connectivity index (χ2n) is 12.0. The van der Waals surface area contributed by atoms with Crippen LogP contribution in [0.3, 0.4) is 0 Å². The Morgan fingerprint density at radius 2 is 1.68 bits per heavy atom. The quantitative estimate of drug-likeness (QED) is 0.581. The molecule has 154 valence electrons. The minimum Gasteiger partial charge on any atom is -0.466 e. The van der Waals surface area contributed by atoms with Crippen molar-refractivity contribution in [2.45, 2.75) is 85.7 Å². The maximum absolute atomic E-state index is 13.1. The van der Waals surface area contributed by atoms with Gasteiger partial charge in [0.1, 0.15) is 11.9 Å². The summed E-state index contributed by atoms with van der Waals surface area (Å²) in [4.78, 5) is 13.1. The number of hydrogen-bond donors (Lipinski definition) is 1. The predicted molar refractivity (Wildman–Crippen MR) is 109 cm³/mol. The van der Waals surface area contributed by atoms with Crippen LogP contribution in [0.5, 0.6) is 0 Å². The van der Waals surface area contributed by atoms with Gasteiger partial charge in [-0.15, -0.1) is 0 Å². The molecule has 5 rings (SSSR count). The van der Waals surface area contributed by atoms with Gasteiger partial charge in [-0.3, -0.25) is 4.79 Å². The third-order valence-electron chi connectivity index (χ3n) is 10.3. The molecule has 4 aliphatic carbocycles. The highest BCUT2D eigenvalue weighted by molar-refractivity contribution is 5.97. The Hall–Kier alpha value is -1.09. The van der Waals surface area contributed by atoms with Crippen LogP contribution in [0.4, 0.5) is 0 Å². The summed E-state index contributed by atoms with van der Waals surface area (Å²) in [6.45, 7) is 12.2. The van der Waals surface area contributed by atoms with Gasteiger partial charge in [-0.05, 0) is 72.2 Å². The van der Waals surface area contributed by atoms with Gasteiger partial charge in [0.25, 0.3) is 0 Å². The van der Waals surface area contributed by atoms with Crippen LogP contribution in [0.2, 0.25) is 0 Å². The van der Waals surface area contributed by atoms with Crippen molar-refractivity contribution in [1.29, 1.82) is 0 Å². The molecule has 1 aromatic heterocycles. The van der Waals surface area contributed by atoms with Crippen molar-refractivity contribution in [2.75, 3.05) is 0 Å². The van der Waals surface area contributed by atoms with Gasteiger partial charge >= 0.3 is 0 Å². The van der Waals surface area contributed by atoms with E-state index in [4.69, 9.17) is 4.42 Å². The van der Waals surface area contributed by atoms with Crippen LogP contribution in [-0.2, 0) is 0 Å². The van der Waals surface area contributed by atoms with Gasteiger partial charge in [0.2, 0.25) is 0 Å². The van der Waals surface area contributed by atoms with Crippen molar-refractivity contribution in [1.82, 2.24) is 0 Å². The molecule has 0 unspecified atom stereocenters. The molecule has 4 aliphatic rings. The first-order valence-electron chi connectivity index (χ1n) is 11.3. The zero-order valence-electron chi connectivity index (χ0n) is 18.2. The third kappa shape index (κ3) is 2.12. The normalized spacial score (nSPS) is 49.6. The fourth-order valence-corrected chi connectivity index (χ4v) is 9.03. The van der Waals surface area contributed by atoms with E-state index in [1.807, 2.05) is 0 Å². The molecule has 1 aromatic rings. The number of hydrogen-bond acceptors (Lipinski definition) is 3. The molecule has 28 heavy (non-hydrogen) atoms. The zero-order chi connectivity index (χ0) is 20.1. The van der Waals surface area contributed by atoms with Crippen LogP contribution >= 0.6 is 0 Å². The molecule has 3 saturated carbocycles. The smallest absolute Gasteiger partial charge is 0.166 e. The Morgan fingerprint density at radius 3 is 2.43 bits per heavy atom. The SMILES string of the molecule is CC1(C)CCC[C@]2(C)[C@H]3C[C@@]4(C)[C@@H](CC(=O)c5ccoc5[C@H]4O)[C@]3(C)CC[C@@H]12. The van der Waals surface area contributed by atoms with Gasteiger partial charge < -0.3 is 9.52 Å². The summed E-state index contributed by atoms with van der Waals surface area (Å²) in [7, 11) is 0. The average molecular weight is 385 g/mol. The number of aliphatic hydroxyl groups excluding tert-OH is 1. The first-order chi connectivity index (χ1) is 13.0. The molecule has 0 aliphatic heterocycles. The highest BCUT2D eigenvalue weighted by Crippen LogP contribution is 2.75. The van der Waals surface area contributed by atoms with E-state index in [1.54, 1.807) is 12.3 Å². The number of aliphatic hydroxyl groups is 1. The van der Waals surface area contributed by atoms with E-state index >= 15 is 0 Å². The lowest BCUT2D eigenvalue weighted by Gasteiger charge is -2.62. The van der Waals surface area contributed by atoms with Crippen molar-refractivity contribution in [3.63, 3.8) is 0 Å². The van der Waals surface area contributed by atoms with Crippen molar-refractivity contribution in [3.05, 3.63) is 23.7 Å². The van der Waals surface area contributed by atoms with Crippen LogP contribution < -0.4 is 0 Å². The van der Waals surface area contributed by atoms with E-state index in [2.05, 4.69) is 34.6 Å². The van der Waals surface area contributed by atoms with Crippen LogP contribution in [-0.4, -0.2) is 10.9 Å². The second-order valence-corrected chi connectivity index (χ2v) is 12.0. The molecule has 0 bridgehead atoms. The van der Waals surface area contributed by atoms with Crippen molar-refractivity contribution >= 4 is 5.78 Å². The van der Waals surface area contributed by atoms with E-state index in [0.29, 0.717) is 34.5 Å². The van der Waals surface area contributed by atoms with E-state index in [9.17, 15) is 9.90 Å². The lowest BCUT2D eigenvalue weighted by Crippen LogP contribution is -2.54. The molecule has 0 aromatic carbocycles. The fourth-order valence-electron chi connectivity index (χ4n) is 9.03. The van der Waals surface area contributed by atoms with E-state index < -0.39 is 6.10 Å². The number of carbonyl (C=O) groups is 1. The second kappa shape index (κ2) is 5.53. The minimum absolute atomic E-state index is 0.119. The van der Waals surface area contributed by atoms with Crippen LogP contribution in [0.1, 0.15) is 102 Å². The highest BCUT2D eigenvalue weighted by atomic mass is 16.4. The molecule has 3 heteroatoms. The molecule has 0 spiro atoms. The maximum Gasteiger partial charge on any atom is 0.166 e. The zero-order valence-corrected chi connectivity index (χ0v) is 18.2. The van der Waals surface area contributed by atoms with E-state index in [-0.39, 0.29) is 22.5 Å². The number of rotatable bonds is 0. The molecule has 0 amide bonds. The largest absolute Gasteiger partial charge is 0.466 e. The summed E-state index contributed by atoms with van der Waals surface area (Å²) in [5.74, 6) is 2.20. The van der Waals surface area contributed by atoms with Crippen LogP contribution in [0.25, 0.3) is 0 Å². The topological polar surface area (TPSA) is 50.4 Å². The summed E-state index contributed by atoms with van der Waals surface area (Å²) in [6.07, 6.45) is 8.81. The Balaban J connectivity index is 1.62. The fraction of sp³-hybridized carbons (Fsp3) is 0.800. The Bertz CT molecular complexity index is 822. The minimum atomic E-state index is -0.685. The van der Waals surface area contributed by atoms with Crippen molar-refractivity contribution < 1.29 is 14.3 Å². The van der Waals surface area contributed by atoms with Gasteiger partial charge in [0.05, 0.1) is 11.8 Å². The summed E-state index contributed by atoms with van der Waals surface area (Å²) in [5, 5.41) is 11.5. The molecule has 7 atom stereocenters. The number of furan rings is 1. The van der Waals surface area contributed by atoms with Gasteiger partial charge in [0, 0.05) is 11.8 Å². The number of carbonyl (C=O) groups excluding carboxylic acids is 1. The summed E-state index contributed by atoms with van der Waals surface area (Å²) >= 11 is 0. The molecular formula is C25H36O3. The molecular weight excluding hydrogens is 348 g/mol. The molecule has 0 radical (unpaired) electrons. The Morgan fingerprint density at radius 1 is 0.964 bits per heavy atom. The first-order valence-corrected chi connectivity index (χ1v) is 11.3. The van der Waals surface area contributed by atoms with Crippen LogP contribution in [0.15, 0.2) is 16.7 Å². The Kier molecular flexibility index (Phi) is 3.74. The van der Waals surface area contributed by atoms with Gasteiger partial charge in [-0.2, -0.15) is 0 Å². The third-order valence-corrected chi connectivity index (χ3v) is 10.3. The predicted octanol–water partition coefficient (Wildman–Crippen LogP) is 6.17. The number of ketones is 1. The molecule has 0 saturated heterocycles. The van der Waals surface area contributed by atoms with Crippen LogP contribution in [0, 0.1) is 39.4 Å². The van der Waals surface area contributed by atoms with Gasteiger partial charge in [0.15, 0.2) is 5.78 Å². The van der Waals surface area contributed by atoms with E-state index in [1.165, 1.54) is 32.1 Å². The van der Waals surface area contributed by atoms with Crippen molar-refractivity contribution in [2.24, 2.45) is 39.4 Å². The lowest BCUT2D eigenvalue weighted by molar-refractivity contribution is -0.126. The maximum atomic E-state index is 13.1. The molecule has 1 N–H and O–H groups in total. The number of Topliss-reactive ketones (excluding diaryl/α,β-unsaturated/α-hetero) is 1. The molecule has 3 nitrogen and oxygen atoms in total. The molecule has 3 fully saturated rings. The summed E-state index contributed by atoms with van der Waals surface area (Å²) < 4.78 is 5.67. The molecule has 1 heterocycles. The average Bonchev–Trinajstić information content (AvgIpc) is 3.16. The van der Waals surface area contributed by atoms with Gasteiger partial charge in [-0.25, -0.2) is 0 Å². The number of fused-ring (bicyclic) bond motifs is 6. The first kappa shape index (κ1) is 18.9. The van der Waals surface area contributed by atoms with E-state index in [0.717, 1.165) is 12.3 Å². The summed E-state index contributed by atoms with van der Waals surface area (Å²) in [6, 6.07) is 1.76. The standard InChI is InChI=1S/C25H36O3/c1-22(2)9-6-10-23(3)17(22)7-11-24(4)18-13-16(26)15-8-12-28-20(15)21(27)25(18,5)14-19(23)24/h8,12,17-19,21,27H,6-7,9-11,13-14H2,1-5H3/t17-,18-,19+,21+,23-,24-,25-/m0/s1.